The minimum absolute atomic E-state index is 0.0858. The first-order valence-corrected chi connectivity index (χ1v) is 10.0. The highest BCUT2D eigenvalue weighted by Crippen LogP contribution is 2.34. The van der Waals surface area contributed by atoms with Gasteiger partial charge in [0, 0.05) is 24.7 Å². The second kappa shape index (κ2) is 8.08. The topological polar surface area (TPSA) is 80.8 Å². The van der Waals surface area contributed by atoms with Gasteiger partial charge in [-0.15, -0.1) is 11.3 Å². The number of hydrogen-bond donors (Lipinski definition) is 1. The van der Waals surface area contributed by atoms with Crippen molar-refractivity contribution in [2.24, 2.45) is 5.92 Å². The Labute approximate surface area is 172 Å². The van der Waals surface area contributed by atoms with Gasteiger partial charge in [-0.3, -0.25) is 9.59 Å². The number of anilines is 1. The summed E-state index contributed by atoms with van der Waals surface area (Å²) in [6.07, 6.45) is 0.181. The molecule has 0 spiro atoms. The molecule has 1 unspecified atom stereocenters. The molecule has 2 amide bonds. The van der Waals surface area contributed by atoms with Crippen molar-refractivity contribution in [2.75, 3.05) is 25.7 Å². The molecule has 1 aliphatic rings. The predicted octanol–water partition coefficient (Wildman–Crippen LogP) is 2.98. The molecule has 0 bridgehead atoms. The molecule has 1 atom stereocenters. The normalized spacial score (nSPS) is 16.3. The number of hydrogen-bond acceptors (Lipinski definition) is 6. The number of ether oxygens (including phenoxy) is 2. The first-order chi connectivity index (χ1) is 14.1. The van der Waals surface area contributed by atoms with E-state index in [2.05, 4.69) is 10.3 Å². The van der Waals surface area contributed by atoms with Gasteiger partial charge < -0.3 is 19.7 Å². The summed E-state index contributed by atoms with van der Waals surface area (Å²) in [4.78, 5) is 31.3. The maximum absolute atomic E-state index is 12.6. The van der Waals surface area contributed by atoms with E-state index in [1.54, 1.807) is 48.7 Å². The molecule has 0 radical (unpaired) electrons. The predicted molar refractivity (Wildman–Crippen MR) is 111 cm³/mol. The first kappa shape index (κ1) is 19.2. The highest BCUT2D eigenvalue weighted by atomic mass is 32.1. The molecule has 1 aliphatic heterocycles. The Kier molecular flexibility index (Phi) is 5.35. The van der Waals surface area contributed by atoms with Crippen molar-refractivity contribution >= 4 is 39.1 Å². The lowest BCUT2D eigenvalue weighted by atomic mass is 10.1. The molecule has 0 aliphatic carbocycles. The highest BCUT2D eigenvalue weighted by Gasteiger charge is 2.35. The van der Waals surface area contributed by atoms with Gasteiger partial charge in [0.25, 0.3) is 0 Å². The number of carbonyl (C=O) groups is 2. The molecule has 150 valence electrons. The van der Waals surface area contributed by atoms with E-state index in [1.807, 2.05) is 24.3 Å². The molecule has 1 fully saturated rings. The number of rotatable bonds is 6. The van der Waals surface area contributed by atoms with Gasteiger partial charge in [-0.1, -0.05) is 12.1 Å². The number of aromatic nitrogens is 1. The van der Waals surface area contributed by atoms with Crippen molar-refractivity contribution in [3.8, 4) is 11.5 Å². The SMILES string of the molecule is COc1ccc(N2CC(C(=O)NCc3nc4ccccc4s3)CC2=O)cc1OC. The smallest absolute Gasteiger partial charge is 0.227 e. The summed E-state index contributed by atoms with van der Waals surface area (Å²) < 4.78 is 11.6. The van der Waals surface area contributed by atoms with Gasteiger partial charge in [-0.2, -0.15) is 0 Å². The van der Waals surface area contributed by atoms with Crippen LogP contribution in [0.2, 0.25) is 0 Å². The summed E-state index contributed by atoms with van der Waals surface area (Å²) in [6, 6.07) is 13.2. The summed E-state index contributed by atoms with van der Waals surface area (Å²) in [6.45, 7) is 0.694. The molecule has 4 rings (SSSR count). The Bertz CT molecular complexity index is 1030. The fourth-order valence-corrected chi connectivity index (χ4v) is 4.34. The Morgan fingerprint density at radius 1 is 1.21 bits per heavy atom. The lowest BCUT2D eigenvalue weighted by molar-refractivity contribution is -0.126. The van der Waals surface area contributed by atoms with E-state index >= 15 is 0 Å². The van der Waals surface area contributed by atoms with Crippen LogP contribution in [0.25, 0.3) is 10.2 Å². The molecule has 7 nitrogen and oxygen atoms in total. The van der Waals surface area contributed by atoms with Gasteiger partial charge in [0.1, 0.15) is 5.01 Å². The van der Waals surface area contributed by atoms with E-state index in [4.69, 9.17) is 9.47 Å². The van der Waals surface area contributed by atoms with Crippen molar-refractivity contribution < 1.29 is 19.1 Å². The van der Waals surface area contributed by atoms with Crippen molar-refractivity contribution in [1.82, 2.24) is 10.3 Å². The van der Waals surface area contributed by atoms with Crippen LogP contribution in [-0.4, -0.2) is 37.6 Å². The van der Waals surface area contributed by atoms with Gasteiger partial charge in [-0.25, -0.2) is 4.98 Å². The van der Waals surface area contributed by atoms with E-state index in [1.165, 1.54) is 0 Å². The zero-order valence-corrected chi connectivity index (χ0v) is 17.0. The minimum Gasteiger partial charge on any atom is -0.493 e. The number of carbonyl (C=O) groups excluding carboxylic acids is 2. The van der Waals surface area contributed by atoms with Crippen LogP contribution in [0.15, 0.2) is 42.5 Å². The molecule has 29 heavy (non-hydrogen) atoms. The fraction of sp³-hybridized carbons (Fsp3) is 0.286. The molecule has 1 N–H and O–H groups in total. The Balaban J connectivity index is 1.41. The monoisotopic (exact) mass is 411 g/mol. The second-order valence-corrected chi connectivity index (χ2v) is 7.85. The third-order valence-electron chi connectivity index (χ3n) is 4.93. The van der Waals surface area contributed by atoms with E-state index in [-0.39, 0.29) is 18.2 Å². The van der Waals surface area contributed by atoms with Crippen molar-refractivity contribution in [3.05, 3.63) is 47.5 Å². The summed E-state index contributed by atoms with van der Waals surface area (Å²) in [5.41, 5.74) is 1.62. The maximum atomic E-state index is 12.6. The molecule has 8 heteroatoms. The zero-order valence-electron chi connectivity index (χ0n) is 16.2. The number of nitrogens with zero attached hydrogens (tertiary/aromatic N) is 2. The summed E-state index contributed by atoms with van der Waals surface area (Å²) in [5.74, 6) is 0.512. The van der Waals surface area contributed by atoms with Crippen LogP contribution < -0.4 is 19.7 Å². The van der Waals surface area contributed by atoms with Crippen LogP contribution >= 0.6 is 11.3 Å². The van der Waals surface area contributed by atoms with Crippen molar-refractivity contribution in [3.63, 3.8) is 0 Å². The Hall–Kier alpha value is -3.13. The number of methoxy groups -OCH3 is 2. The van der Waals surface area contributed by atoms with Crippen molar-refractivity contribution in [2.45, 2.75) is 13.0 Å². The molecule has 1 saturated heterocycles. The fourth-order valence-electron chi connectivity index (χ4n) is 3.43. The number of thiazole rings is 1. The lowest BCUT2D eigenvalue weighted by Crippen LogP contribution is -2.32. The van der Waals surface area contributed by atoms with Crippen LogP contribution in [0.4, 0.5) is 5.69 Å². The van der Waals surface area contributed by atoms with E-state index < -0.39 is 5.92 Å². The van der Waals surface area contributed by atoms with Crippen molar-refractivity contribution in [1.29, 1.82) is 0 Å². The Morgan fingerprint density at radius 2 is 2.00 bits per heavy atom. The molecule has 3 aromatic rings. The number of amides is 2. The summed E-state index contributed by atoms with van der Waals surface area (Å²) in [7, 11) is 3.11. The van der Waals surface area contributed by atoms with Gasteiger partial charge in [0.2, 0.25) is 11.8 Å². The van der Waals surface area contributed by atoms with E-state index in [0.29, 0.717) is 30.3 Å². The van der Waals surface area contributed by atoms with Crippen LogP contribution in [0.3, 0.4) is 0 Å². The standard InChI is InChI=1S/C21H21N3O4S/c1-27-16-8-7-14(10-17(16)28-2)24-12-13(9-20(24)25)21(26)22-11-19-23-15-5-3-4-6-18(15)29-19/h3-8,10,13H,9,11-12H2,1-2H3,(H,22,26). The zero-order chi connectivity index (χ0) is 20.4. The number of para-hydroxylation sites is 1. The Morgan fingerprint density at radius 3 is 2.76 bits per heavy atom. The van der Waals surface area contributed by atoms with Crippen LogP contribution in [-0.2, 0) is 16.1 Å². The average molecular weight is 411 g/mol. The molecule has 2 aromatic carbocycles. The van der Waals surface area contributed by atoms with E-state index in [9.17, 15) is 9.59 Å². The minimum atomic E-state index is -0.398. The number of nitrogens with one attached hydrogen (secondary N) is 1. The quantitative estimate of drug-likeness (QED) is 0.675. The summed E-state index contributed by atoms with van der Waals surface area (Å²) in [5, 5.41) is 3.77. The van der Waals surface area contributed by atoms with E-state index in [0.717, 1.165) is 15.2 Å². The third kappa shape index (κ3) is 3.88. The van der Waals surface area contributed by atoms with Gasteiger partial charge in [-0.05, 0) is 24.3 Å². The first-order valence-electron chi connectivity index (χ1n) is 9.23. The lowest BCUT2D eigenvalue weighted by Gasteiger charge is -2.18. The number of fused-ring (bicyclic) bond motifs is 1. The molecule has 1 aromatic heterocycles. The molecular formula is C21H21N3O4S. The maximum Gasteiger partial charge on any atom is 0.227 e. The van der Waals surface area contributed by atoms with Crippen LogP contribution in [0.1, 0.15) is 11.4 Å². The average Bonchev–Trinajstić information content (AvgIpc) is 3.34. The summed E-state index contributed by atoms with van der Waals surface area (Å²) >= 11 is 1.56. The highest BCUT2D eigenvalue weighted by molar-refractivity contribution is 7.18. The second-order valence-electron chi connectivity index (χ2n) is 6.74. The molecular weight excluding hydrogens is 390 g/mol. The number of benzene rings is 2. The van der Waals surface area contributed by atoms with Gasteiger partial charge in [0.05, 0.1) is 36.9 Å². The van der Waals surface area contributed by atoms with Crippen LogP contribution in [0.5, 0.6) is 11.5 Å². The van der Waals surface area contributed by atoms with Crippen LogP contribution in [0, 0.1) is 5.92 Å². The molecule has 2 heterocycles. The largest absolute Gasteiger partial charge is 0.493 e. The third-order valence-corrected chi connectivity index (χ3v) is 5.96. The van der Waals surface area contributed by atoms with Gasteiger partial charge in [0.15, 0.2) is 11.5 Å². The molecule has 0 saturated carbocycles. The van der Waals surface area contributed by atoms with Gasteiger partial charge >= 0.3 is 0 Å².